The zero-order chi connectivity index (χ0) is 23.2. The molecule has 4 rings (SSSR count). The number of nitrogens with one attached hydrogen (secondary N) is 2. The first-order valence-electron chi connectivity index (χ1n) is 10.5. The molecule has 0 radical (unpaired) electrons. The fraction of sp³-hybridized carbons (Fsp3) is 0.261. The molecule has 0 bridgehead atoms. The van der Waals surface area contributed by atoms with Gasteiger partial charge in [0.2, 0.25) is 0 Å². The van der Waals surface area contributed by atoms with Crippen LogP contribution in [0, 0.1) is 17.2 Å². The summed E-state index contributed by atoms with van der Waals surface area (Å²) in [6, 6.07) is 12.7. The molecule has 5 N–H and O–H groups in total. The lowest BCUT2D eigenvalue weighted by Crippen LogP contribution is -2.48. The van der Waals surface area contributed by atoms with Crippen molar-refractivity contribution in [2.24, 2.45) is 11.7 Å². The van der Waals surface area contributed by atoms with Gasteiger partial charge in [-0.2, -0.15) is 5.26 Å². The van der Waals surface area contributed by atoms with Gasteiger partial charge in [0.1, 0.15) is 23.5 Å². The molecule has 33 heavy (non-hydrogen) atoms. The topological polar surface area (TPSA) is 153 Å². The second kappa shape index (κ2) is 9.93. The van der Waals surface area contributed by atoms with Crippen LogP contribution >= 0.6 is 0 Å². The number of pyridine rings is 3. The number of aliphatic hydroxyl groups is 1. The van der Waals surface area contributed by atoms with E-state index in [0.29, 0.717) is 42.4 Å². The van der Waals surface area contributed by atoms with E-state index in [2.05, 4.69) is 36.6 Å². The number of primary amides is 1. The maximum absolute atomic E-state index is 12.0. The lowest BCUT2D eigenvalue weighted by atomic mass is 9.92. The number of carbonyl (C=O) groups is 1. The van der Waals surface area contributed by atoms with Crippen LogP contribution in [0.2, 0.25) is 0 Å². The van der Waals surface area contributed by atoms with Crippen LogP contribution in [0.5, 0.6) is 0 Å². The van der Waals surface area contributed by atoms with E-state index in [1.807, 2.05) is 24.3 Å². The maximum Gasteiger partial charge on any atom is 0.252 e. The minimum absolute atomic E-state index is 0.0412. The van der Waals surface area contributed by atoms with E-state index >= 15 is 0 Å². The van der Waals surface area contributed by atoms with E-state index in [-0.39, 0.29) is 24.1 Å². The Bertz CT molecular complexity index is 1150. The number of carbonyl (C=O) groups excluding carboxylic acids is 1. The summed E-state index contributed by atoms with van der Waals surface area (Å²) in [5, 5.41) is 25.5. The first-order chi connectivity index (χ1) is 16.1. The number of rotatable bonds is 7. The SMILES string of the molecule is N#Cc1ccc(N2CC[C@@H](Nc3cc(Nc4ccccn4)ncc3C(N)=O)[C@@H](CO)C2)nc1. The number of nitrogens with two attached hydrogens (primary N) is 1. The zero-order valence-corrected chi connectivity index (χ0v) is 17.8. The van der Waals surface area contributed by atoms with Crippen molar-refractivity contribution >= 4 is 29.0 Å². The molecule has 0 saturated carbocycles. The highest BCUT2D eigenvalue weighted by molar-refractivity contribution is 5.98. The molecular formula is C23H24N8O2. The molecule has 0 aromatic carbocycles. The average Bonchev–Trinajstić information content (AvgIpc) is 2.85. The van der Waals surface area contributed by atoms with Crippen LogP contribution in [0.3, 0.4) is 0 Å². The first kappa shape index (κ1) is 22.0. The molecule has 0 aliphatic carbocycles. The summed E-state index contributed by atoms with van der Waals surface area (Å²) in [4.78, 5) is 26.9. The van der Waals surface area contributed by atoms with Crippen LogP contribution in [0.1, 0.15) is 22.3 Å². The van der Waals surface area contributed by atoms with Crippen LogP contribution in [-0.2, 0) is 0 Å². The molecule has 1 fully saturated rings. The number of amides is 1. The molecular weight excluding hydrogens is 420 g/mol. The molecule has 1 aliphatic heterocycles. The molecule has 0 unspecified atom stereocenters. The third-order valence-corrected chi connectivity index (χ3v) is 5.60. The van der Waals surface area contributed by atoms with Crippen molar-refractivity contribution in [2.45, 2.75) is 12.5 Å². The third kappa shape index (κ3) is 5.16. The number of hydrogen-bond acceptors (Lipinski definition) is 9. The predicted molar refractivity (Wildman–Crippen MR) is 124 cm³/mol. The minimum Gasteiger partial charge on any atom is -0.396 e. The van der Waals surface area contributed by atoms with E-state index in [1.165, 1.54) is 6.20 Å². The molecule has 1 aliphatic rings. The fourth-order valence-corrected chi connectivity index (χ4v) is 3.86. The van der Waals surface area contributed by atoms with Gasteiger partial charge in [-0.25, -0.2) is 15.0 Å². The quantitative estimate of drug-likeness (QED) is 0.428. The number of anilines is 4. The number of nitrogens with zero attached hydrogens (tertiary/aromatic N) is 5. The Kier molecular flexibility index (Phi) is 6.61. The van der Waals surface area contributed by atoms with E-state index in [1.54, 1.807) is 24.5 Å². The summed E-state index contributed by atoms with van der Waals surface area (Å²) in [5.41, 5.74) is 6.89. The Morgan fingerprint density at radius 3 is 2.76 bits per heavy atom. The Morgan fingerprint density at radius 1 is 1.21 bits per heavy atom. The van der Waals surface area contributed by atoms with Crippen molar-refractivity contribution in [3.63, 3.8) is 0 Å². The van der Waals surface area contributed by atoms with E-state index in [9.17, 15) is 9.90 Å². The van der Waals surface area contributed by atoms with Crippen LogP contribution in [0.15, 0.2) is 55.0 Å². The standard InChI is InChI=1S/C23H24N8O2/c24-10-15-4-5-22(28-11-15)31-8-6-18(16(13-31)14-32)29-19-9-21(27-12-17(19)23(25)33)30-20-3-1-2-7-26-20/h1-5,7,9,11-12,16,18,32H,6,8,13-14H2,(H2,25,33)(H2,26,27,29,30)/t16-,18-/m1/s1. The van der Waals surface area contributed by atoms with Gasteiger partial charge >= 0.3 is 0 Å². The normalized spacial score (nSPS) is 17.8. The summed E-state index contributed by atoms with van der Waals surface area (Å²) >= 11 is 0. The van der Waals surface area contributed by atoms with Gasteiger partial charge < -0.3 is 26.4 Å². The Balaban J connectivity index is 1.51. The van der Waals surface area contributed by atoms with E-state index in [4.69, 9.17) is 11.0 Å². The van der Waals surface area contributed by atoms with Gasteiger partial charge in [0, 0.05) is 56.3 Å². The van der Waals surface area contributed by atoms with Gasteiger partial charge in [0.15, 0.2) is 0 Å². The average molecular weight is 444 g/mol. The number of aromatic nitrogens is 3. The second-order valence-corrected chi connectivity index (χ2v) is 7.76. The molecule has 10 nitrogen and oxygen atoms in total. The highest BCUT2D eigenvalue weighted by atomic mass is 16.3. The van der Waals surface area contributed by atoms with Gasteiger partial charge in [-0.05, 0) is 30.7 Å². The van der Waals surface area contributed by atoms with Gasteiger partial charge in [0.05, 0.1) is 16.8 Å². The van der Waals surface area contributed by atoms with Crippen molar-refractivity contribution in [3.05, 3.63) is 66.1 Å². The molecule has 10 heteroatoms. The maximum atomic E-state index is 12.0. The molecule has 0 spiro atoms. The predicted octanol–water partition coefficient (Wildman–Crippen LogP) is 1.89. The fourth-order valence-electron chi connectivity index (χ4n) is 3.86. The molecule has 4 heterocycles. The van der Waals surface area contributed by atoms with Gasteiger partial charge in [-0.1, -0.05) is 6.07 Å². The Morgan fingerprint density at radius 2 is 2.09 bits per heavy atom. The van der Waals surface area contributed by atoms with Crippen molar-refractivity contribution in [2.75, 3.05) is 35.2 Å². The molecule has 1 amide bonds. The van der Waals surface area contributed by atoms with Crippen molar-refractivity contribution in [1.82, 2.24) is 15.0 Å². The summed E-state index contributed by atoms with van der Waals surface area (Å²) in [6.45, 7) is 1.23. The van der Waals surface area contributed by atoms with Crippen molar-refractivity contribution in [3.8, 4) is 6.07 Å². The summed E-state index contributed by atoms with van der Waals surface area (Å²) in [5.74, 6) is 1.20. The molecule has 2 atom stereocenters. The first-order valence-corrected chi connectivity index (χ1v) is 10.5. The van der Waals surface area contributed by atoms with Gasteiger partial charge in [-0.3, -0.25) is 4.79 Å². The number of piperidine rings is 1. The molecule has 3 aromatic rings. The smallest absolute Gasteiger partial charge is 0.252 e. The molecule has 1 saturated heterocycles. The summed E-state index contributed by atoms with van der Waals surface area (Å²) in [7, 11) is 0. The highest BCUT2D eigenvalue weighted by Crippen LogP contribution is 2.28. The lowest BCUT2D eigenvalue weighted by Gasteiger charge is -2.39. The van der Waals surface area contributed by atoms with E-state index in [0.717, 1.165) is 5.82 Å². The van der Waals surface area contributed by atoms with Crippen molar-refractivity contribution < 1.29 is 9.90 Å². The molecule has 168 valence electrons. The highest BCUT2D eigenvalue weighted by Gasteiger charge is 2.30. The lowest BCUT2D eigenvalue weighted by molar-refractivity contribution is 0.100. The summed E-state index contributed by atoms with van der Waals surface area (Å²) in [6.07, 6.45) is 5.34. The monoisotopic (exact) mass is 444 g/mol. The summed E-state index contributed by atoms with van der Waals surface area (Å²) < 4.78 is 0. The van der Waals surface area contributed by atoms with Gasteiger partial charge in [0.25, 0.3) is 5.91 Å². The van der Waals surface area contributed by atoms with Crippen LogP contribution in [0.25, 0.3) is 0 Å². The second-order valence-electron chi connectivity index (χ2n) is 7.76. The van der Waals surface area contributed by atoms with Crippen molar-refractivity contribution in [1.29, 1.82) is 5.26 Å². The molecule has 3 aromatic heterocycles. The van der Waals surface area contributed by atoms with Crippen LogP contribution in [-0.4, -0.2) is 51.7 Å². The number of aliphatic hydroxyl groups excluding tert-OH is 1. The van der Waals surface area contributed by atoms with Crippen LogP contribution < -0.4 is 21.3 Å². The van der Waals surface area contributed by atoms with E-state index < -0.39 is 5.91 Å². The number of nitriles is 1. The van der Waals surface area contributed by atoms with Gasteiger partial charge in [-0.15, -0.1) is 0 Å². The largest absolute Gasteiger partial charge is 0.396 e. The number of hydrogen-bond donors (Lipinski definition) is 4. The third-order valence-electron chi connectivity index (χ3n) is 5.60. The Labute approximate surface area is 191 Å². The van der Waals surface area contributed by atoms with Crippen LogP contribution in [0.4, 0.5) is 23.1 Å². The Hall–Kier alpha value is -4.23. The zero-order valence-electron chi connectivity index (χ0n) is 17.8. The minimum atomic E-state index is -0.589.